The highest BCUT2D eigenvalue weighted by Crippen LogP contribution is 2.24. The van der Waals surface area contributed by atoms with Gasteiger partial charge in [0.2, 0.25) is 5.91 Å². The van der Waals surface area contributed by atoms with Crippen molar-refractivity contribution in [3.8, 4) is 0 Å². The molecule has 0 radical (unpaired) electrons. The van der Waals surface area contributed by atoms with Gasteiger partial charge >= 0.3 is 0 Å². The zero-order chi connectivity index (χ0) is 17.3. The number of carbonyl (C=O) groups is 1. The van der Waals surface area contributed by atoms with Gasteiger partial charge in [-0.25, -0.2) is 9.97 Å². The molecule has 0 bridgehead atoms. The van der Waals surface area contributed by atoms with Gasteiger partial charge in [0.05, 0.1) is 17.6 Å². The van der Waals surface area contributed by atoms with Crippen molar-refractivity contribution < 1.29 is 4.79 Å². The number of amides is 1. The molecule has 1 saturated heterocycles. The van der Waals surface area contributed by atoms with E-state index in [1.165, 1.54) is 0 Å². The van der Waals surface area contributed by atoms with Crippen LogP contribution in [-0.4, -0.2) is 62.8 Å². The van der Waals surface area contributed by atoms with E-state index in [1.807, 2.05) is 25.8 Å². The Morgan fingerprint density at radius 2 is 2.00 bits per heavy atom. The number of rotatable bonds is 4. The number of hydrogen-bond acceptors (Lipinski definition) is 6. The van der Waals surface area contributed by atoms with E-state index in [4.69, 9.17) is 5.73 Å². The van der Waals surface area contributed by atoms with Crippen LogP contribution >= 0.6 is 0 Å². The van der Waals surface area contributed by atoms with Crippen LogP contribution < -0.4 is 10.6 Å². The van der Waals surface area contributed by atoms with Crippen LogP contribution in [0.4, 0.5) is 5.82 Å². The summed E-state index contributed by atoms with van der Waals surface area (Å²) in [7, 11) is 1.88. The average Bonchev–Trinajstić information content (AvgIpc) is 2.95. The van der Waals surface area contributed by atoms with E-state index in [-0.39, 0.29) is 11.9 Å². The van der Waals surface area contributed by atoms with Crippen LogP contribution in [-0.2, 0) is 11.8 Å². The summed E-state index contributed by atoms with van der Waals surface area (Å²) in [6, 6.07) is -0.382. The lowest BCUT2D eigenvalue weighted by atomic mass is 10.1. The molecule has 130 valence electrons. The number of nitrogens with two attached hydrogens (primary N) is 1. The molecule has 0 aliphatic carbocycles. The number of fused-ring (bicyclic) bond motifs is 1. The highest BCUT2D eigenvalue weighted by atomic mass is 16.2. The van der Waals surface area contributed by atoms with Crippen LogP contribution in [0.1, 0.15) is 25.6 Å². The molecule has 3 heterocycles. The first-order valence-electron chi connectivity index (χ1n) is 8.47. The number of carbonyl (C=O) groups excluding carboxylic acids is 1. The molecule has 1 aliphatic heterocycles. The second-order valence-electron chi connectivity index (χ2n) is 6.31. The van der Waals surface area contributed by atoms with Crippen LogP contribution in [0.15, 0.2) is 6.20 Å². The van der Waals surface area contributed by atoms with Gasteiger partial charge in [-0.2, -0.15) is 5.10 Å². The molecule has 8 heteroatoms. The highest BCUT2D eigenvalue weighted by Gasteiger charge is 2.26. The summed E-state index contributed by atoms with van der Waals surface area (Å²) < 4.78 is 1.76. The zero-order valence-electron chi connectivity index (χ0n) is 14.6. The molecule has 2 aromatic heterocycles. The minimum Gasteiger partial charge on any atom is -0.352 e. The summed E-state index contributed by atoms with van der Waals surface area (Å²) in [5, 5.41) is 5.24. The third-order valence-electron chi connectivity index (χ3n) is 4.49. The molecular formula is C16H25N7O. The number of hydrogen-bond donors (Lipinski definition) is 1. The van der Waals surface area contributed by atoms with Crippen molar-refractivity contribution in [2.45, 2.75) is 32.7 Å². The maximum absolute atomic E-state index is 12.3. The second-order valence-corrected chi connectivity index (χ2v) is 6.31. The molecule has 0 saturated carbocycles. The van der Waals surface area contributed by atoms with Crippen molar-refractivity contribution in [2.24, 2.45) is 12.8 Å². The molecule has 2 aromatic rings. The number of aromatic nitrogens is 4. The zero-order valence-corrected chi connectivity index (χ0v) is 14.6. The van der Waals surface area contributed by atoms with E-state index in [0.29, 0.717) is 13.1 Å². The molecular weight excluding hydrogens is 306 g/mol. The SMILES string of the molecule is CCCC(N)C(=O)N1CCN(c2nc(C)nc3c2cnn3C)CC1. The monoisotopic (exact) mass is 331 g/mol. The Bertz CT molecular complexity index is 733. The standard InChI is InChI=1S/C16H25N7O/c1-4-5-13(17)16(24)23-8-6-22(7-9-23)15-12-10-18-21(3)14(12)19-11(2)20-15/h10,13H,4-9,17H2,1-3H3. The molecule has 0 spiro atoms. The summed E-state index contributed by atoms with van der Waals surface area (Å²) in [6.45, 7) is 6.75. The lowest BCUT2D eigenvalue weighted by Gasteiger charge is -2.36. The van der Waals surface area contributed by atoms with E-state index >= 15 is 0 Å². The molecule has 24 heavy (non-hydrogen) atoms. The maximum Gasteiger partial charge on any atom is 0.239 e. The lowest BCUT2D eigenvalue weighted by molar-refractivity contribution is -0.133. The Hall–Kier alpha value is -2.22. The minimum absolute atomic E-state index is 0.0573. The minimum atomic E-state index is -0.382. The van der Waals surface area contributed by atoms with Gasteiger partial charge in [0.1, 0.15) is 11.6 Å². The van der Waals surface area contributed by atoms with E-state index in [9.17, 15) is 4.79 Å². The summed E-state index contributed by atoms with van der Waals surface area (Å²) >= 11 is 0. The number of aryl methyl sites for hydroxylation is 2. The topological polar surface area (TPSA) is 93.2 Å². The molecule has 1 unspecified atom stereocenters. The molecule has 2 N–H and O–H groups in total. The van der Waals surface area contributed by atoms with Crippen molar-refractivity contribution >= 4 is 22.8 Å². The molecule has 1 atom stereocenters. The smallest absolute Gasteiger partial charge is 0.239 e. The lowest BCUT2D eigenvalue weighted by Crippen LogP contribution is -2.53. The average molecular weight is 331 g/mol. The number of piperazine rings is 1. The van der Waals surface area contributed by atoms with Crippen molar-refractivity contribution in [1.82, 2.24) is 24.6 Å². The fraction of sp³-hybridized carbons (Fsp3) is 0.625. The van der Waals surface area contributed by atoms with Crippen LogP contribution in [0.25, 0.3) is 11.0 Å². The first-order chi connectivity index (χ1) is 11.5. The van der Waals surface area contributed by atoms with Gasteiger partial charge in [0.15, 0.2) is 5.65 Å². The predicted octanol–water partition coefficient (Wildman–Crippen LogP) is 0.448. The fourth-order valence-corrected chi connectivity index (χ4v) is 3.16. The van der Waals surface area contributed by atoms with Gasteiger partial charge in [-0.1, -0.05) is 13.3 Å². The second kappa shape index (κ2) is 6.72. The molecule has 1 aliphatic rings. The Balaban J connectivity index is 1.75. The van der Waals surface area contributed by atoms with Crippen molar-refractivity contribution in [1.29, 1.82) is 0 Å². The van der Waals surface area contributed by atoms with E-state index in [2.05, 4.69) is 20.0 Å². The Morgan fingerprint density at radius 1 is 1.29 bits per heavy atom. The summed E-state index contributed by atoms with van der Waals surface area (Å²) in [5.41, 5.74) is 6.80. The Morgan fingerprint density at radius 3 is 2.67 bits per heavy atom. The Labute approximate surface area is 141 Å². The predicted molar refractivity (Wildman–Crippen MR) is 92.7 cm³/mol. The van der Waals surface area contributed by atoms with E-state index < -0.39 is 0 Å². The van der Waals surface area contributed by atoms with Gasteiger partial charge in [0.25, 0.3) is 0 Å². The van der Waals surface area contributed by atoms with Gasteiger partial charge in [-0.3, -0.25) is 9.48 Å². The number of nitrogens with zero attached hydrogens (tertiary/aromatic N) is 6. The summed E-state index contributed by atoms with van der Waals surface area (Å²) in [4.78, 5) is 25.5. The Kier molecular flexibility index (Phi) is 4.66. The van der Waals surface area contributed by atoms with Crippen LogP contribution in [0, 0.1) is 6.92 Å². The highest BCUT2D eigenvalue weighted by molar-refractivity contribution is 5.87. The van der Waals surface area contributed by atoms with E-state index in [0.717, 1.165) is 48.6 Å². The number of anilines is 1. The third-order valence-corrected chi connectivity index (χ3v) is 4.49. The molecule has 8 nitrogen and oxygen atoms in total. The van der Waals surface area contributed by atoms with Gasteiger partial charge in [0, 0.05) is 33.2 Å². The molecule has 3 rings (SSSR count). The van der Waals surface area contributed by atoms with Gasteiger partial charge < -0.3 is 15.5 Å². The first-order valence-corrected chi connectivity index (χ1v) is 8.47. The van der Waals surface area contributed by atoms with Crippen molar-refractivity contribution in [3.63, 3.8) is 0 Å². The third kappa shape index (κ3) is 3.06. The summed E-state index contributed by atoms with van der Waals surface area (Å²) in [6.07, 6.45) is 3.46. The largest absolute Gasteiger partial charge is 0.352 e. The molecule has 1 amide bonds. The van der Waals surface area contributed by atoms with E-state index in [1.54, 1.807) is 10.9 Å². The normalized spacial score (nSPS) is 16.7. The first kappa shape index (κ1) is 16.6. The van der Waals surface area contributed by atoms with Gasteiger partial charge in [-0.15, -0.1) is 0 Å². The molecule has 1 fully saturated rings. The van der Waals surface area contributed by atoms with Crippen LogP contribution in [0.3, 0.4) is 0 Å². The van der Waals surface area contributed by atoms with Crippen molar-refractivity contribution in [2.75, 3.05) is 31.1 Å². The van der Waals surface area contributed by atoms with Crippen LogP contribution in [0.5, 0.6) is 0 Å². The van der Waals surface area contributed by atoms with Gasteiger partial charge in [-0.05, 0) is 13.3 Å². The summed E-state index contributed by atoms with van der Waals surface area (Å²) in [5.74, 6) is 1.68. The molecule has 0 aromatic carbocycles. The van der Waals surface area contributed by atoms with Crippen molar-refractivity contribution in [3.05, 3.63) is 12.0 Å². The maximum atomic E-state index is 12.3. The fourth-order valence-electron chi connectivity index (χ4n) is 3.16. The van der Waals surface area contributed by atoms with Crippen LogP contribution in [0.2, 0.25) is 0 Å². The quantitative estimate of drug-likeness (QED) is 0.874.